The quantitative estimate of drug-likeness (QED) is 0.272. The molecule has 0 spiro atoms. The van der Waals surface area contributed by atoms with Gasteiger partial charge in [0.2, 0.25) is 0 Å². The molecule has 0 aliphatic carbocycles. The molecule has 86 valence electrons. The second-order valence-corrected chi connectivity index (χ2v) is 4.11. The van der Waals surface area contributed by atoms with Crippen LogP contribution in [0.2, 0.25) is 0 Å². The van der Waals surface area contributed by atoms with E-state index in [9.17, 15) is 23.3 Å². The Hall–Kier alpha value is -0.364. The van der Waals surface area contributed by atoms with Crippen molar-refractivity contribution in [3.63, 3.8) is 0 Å². The van der Waals surface area contributed by atoms with Crippen molar-refractivity contribution >= 4 is 21.8 Å². The van der Waals surface area contributed by atoms with E-state index in [1.165, 1.54) is 0 Å². The Labute approximate surface area is 138 Å². The summed E-state index contributed by atoms with van der Waals surface area (Å²) in [7, 11) is -4.82. The van der Waals surface area contributed by atoms with Gasteiger partial charge >= 0.3 is 57.4 Å². The smallest absolute Gasteiger partial charge is 0.478 e. The van der Waals surface area contributed by atoms with Crippen molar-refractivity contribution in [3.8, 4) is 0 Å². The minimum absolute atomic E-state index is 0. The Kier molecular flexibility index (Phi) is 5.87. The van der Waals surface area contributed by atoms with Gasteiger partial charge in [0.15, 0.2) is 0 Å². The fourth-order valence-electron chi connectivity index (χ4n) is 1.01. The van der Waals surface area contributed by atoms with Crippen LogP contribution in [0.4, 0.5) is 5.69 Å². The average Bonchev–Trinajstić information content (AvgIpc) is 2.15. The number of hydrogen-bond donors (Lipinski definition) is 2. The SMILES string of the molecule is O=C(O)c1ccc([N+](=O)[O-])cc1S(=O)(=O)O.[K+]. The van der Waals surface area contributed by atoms with E-state index in [2.05, 4.69) is 0 Å². The molecule has 0 aliphatic heterocycles. The topological polar surface area (TPSA) is 135 Å². The number of carboxylic acid groups (broad SMARTS) is 1. The number of nitro benzene ring substituents is 1. The Bertz CT molecular complexity index is 568. The molecule has 0 amide bonds. The van der Waals surface area contributed by atoms with Gasteiger partial charge in [-0.25, -0.2) is 4.79 Å². The van der Waals surface area contributed by atoms with E-state index in [1.54, 1.807) is 0 Å². The van der Waals surface area contributed by atoms with Gasteiger partial charge in [0, 0.05) is 12.1 Å². The molecular weight excluding hydrogens is 281 g/mol. The summed E-state index contributed by atoms with van der Waals surface area (Å²) in [6.45, 7) is 0. The van der Waals surface area contributed by atoms with E-state index in [0.717, 1.165) is 12.1 Å². The van der Waals surface area contributed by atoms with Gasteiger partial charge < -0.3 is 5.11 Å². The molecule has 0 aliphatic rings. The zero-order valence-electron chi connectivity index (χ0n) is 8.52. The zero-order chi connectivity index (χ0) is 12.5. The van der Waals surface area contributed by atoms with Gasteiger partial charge in [-0.3, -0.25) is 14.7 Å². The number of carbonyl (C=O) groups is 1. The summed E-state index contributed by atoms with van der Waals surface area (Å²) in [5.41, 5.74) is -1.36. The molecule has 0 unspecified atom stereocenters. The molecule has 1 aromatic carbocycles. The van der Waals surface area contributed by atoms with Crippen molar-refractivity contribution in [1.82, 2.24) is 0 Å². The van der Waals surface area contributed by atoms with Gasteiger partial charge in [0.05, 0.1) is 10.5 Å². The number of aromatic carboxylic acids is 1. The maximum Gasteiger partial charge on any atom is 1.00 e. The fraction of sp³-hybridized carbons (Fsp3) is 0. The van der Waals surface area contributed by atoms with Gasteiger partial charge in [-0.05, 0) is 6.07 Å². The molecular formula is C7H5KNO7S+. The van der Waals surface area contributed by atoms with Gasteiger partial charge in [0.1, 0.15) is 4.90 Å². The Morgan fingerprint density at radius 1 is 1.35 bits per heavy atom. The van der Waals surface area contributed by atoms with Crippen LogP contribution in [-0.2, 0) is 10.1 Å². The van der Waals surface area contributed by atoms with Gasteiger partial charge in [-0.1, -0.05) is 0 Å². The summed E-state index contributed by atoms with van der Waals surface area (Å²) in [5.74, 6) is -1.61. The summed E-state index contributed by atoms with van der Waals surface area (Å²) in [5, 5.41) is 19.0. The number of non-ortho nitro benzene ring substituents is 1. The van der Waals surface area contributed by atoms with Crippen molar-refractivity contribution in [1.29, 1.82) is 0 Å². The Morgan fingerprint density at radius 3 is 2.24 bits per heavy atom. The number of nitrogens with zero attached hydrogens (tertiary/aromatic N) is 1. The van der Waals surface area contributed by atoms with Crippen molar-refractivity contribution in [2.75, 3.05) is 0 Å². The third-order valence-electron chi connectivity index (χ3n) is 1.68. The van der Waals surface area contributed by atoms with Gasteiger partial charge in [-0.15, -0.1) is 0 Å². The minimum Gasteiger partial charge on any atom is -0.478 e. The summed E-state index contributed by atoms with van der Waals surface area (Å²) >= 11 is 0. The van der Waals surface area contributed by atoms with E-state index >= 15 is 0 Å². The standard InChI is InChI=1S/C7H5NO7S.K/c9-7(10)5-2-1-4(8(11)12)3-6(5)16(13,14)15;/h1-3H,(H,9,10)(H,13,14,15);/q;+1. The zero-order valence-corrected chi connectivity index (χ0v) is 12.5. The first kappa shape index (κ1) is 16.6. The van der Waals surface area contributed by atoms with Crippen LogP contribution in [0.3, 0.4) is 0 Å². The van der Waals surface area contributed by atoms with Crippen LogP contribution in [0, 0.1) is 10.1 Å². The van der Waals surface area contributed by atoms with Crippen LogP contribution < -0.4 is 51.4 Å². The normalized spacial score (nSPS) is 10.4. The number of rotatable bonds is 3. The molecule has 0 saturated carbocycles. The first-order chi connectivity index (χ1) is 7.23. The molecule has 2 N–H and O–H groups in total. The first-order valence-electron chi connectivity index (χ1n) is 3.72. The van der Waals surface area contributed by atoms with E-state index in [-0.39, 0.29) is 51.4 Å². The van der Waals surface area contributed by atoms with Gasteiger partial charge in [-0.2, -0.15) is 8.42 Å². The van der Waals surface area contributed by atoms with E-state index in [4.69, 9.17) is 9.66 Å². The maximum absolute atomic E-state index is 10.8. The minimum atomic E-state index is -4.82. The molecule has 1 rings (SSSR count). The van der Waals surface area contributed by atoms with Crippen LogP contribution in [-0.4, -0.2) is 29.0 Å². The number of benzene rings is 1. The van der Waals surface area contributed by atoms with Crippen LogP contribution >= 0.6 is 0 Å². The number of carboxylic acids is 1. The molecule has 0 heterocycles. The predicted octanol–water partition coefficient (Wildman–Crippen LogP) is -2.46. The molecule has 0 radical (unpaired) electrons. The van der Waals surface area contributed by atoms with Crippen molar-refractivity contribution in [3.05, 3.63) is 33.9 Å². The predicted molar refractivity (Wildman–Crippen MR) is 49.9 cm³/mol. The van der Waals surface area contributed by atoms with Crippen LogP contribution in [0.25, 0.3) is 0 Å². The molecule has 17 heavy (non-hydrogen) atoms. The fourth-order valence-corrected chi connectivity index (χ4v) is 1.72. The summed E-state index contributed by atoms with van der Waals surface area (Å²) in [6.07, 6.45) is 0. The second kappa shape index (κ2) is 6.00. The monoisotopic (exact) mass is 286 g/mol. The van der Waals surface area contributed by atoms with Gasteiger partial charge in [0.25, 0.3) is 15.8 Å². The summed E-state index contributed by atoms with van der Waals surface area (Å²) < 4.78 is 30.3. The molecule has 1 aromatic rings. The van der Waals surface area contributed by atoms with Crippen LogP contribution in [0.5, 0.6) is 0 Å². The molecule has 0 bridgehead atoms. The third kappa shape index (κ3) is 4.10. The number of hydrogen-bond acceptors (Lipinski definition) is 5. The second-order valence-electron chi connectivity index (χ2n) is 2.72. The van der Waals surface area contributed by atoms with Crippen molar-refractivity contribution in [2.45, 2.75) is 4.90 Å². The molecule has 10 heteroatoms. The molecule has 0 atom stereocenters. The third-order valence-corrected chi connectivity index (χ3v) is 2.58. The van der Waals surface area contributed by atoms with Crippen LogP contribution in [0.1, 0.15) is 10.4 Å². The van der Waals surface area contributed by atoms with Crippen molar-refractivity contribution < 1.29 is 79.2 Å². The van der Waals surface area contributed by atoms with E-state index in [1.807, 2.05) is 0 Å². The molecule has 0 aromatic heterocycles. The number of nitro groups is 1. The van der Waals surface area contributed by atoms with E-state index in [0.29, 0.717) is 6.07 Å². The summed E-state index contributed by atoms with van der Waals surface area (Å²) in [6, 6.07) is 2.06. The van der Waals surface area contributed by atoms with Crippen molar-refractivity contribution in [2.24, 2.45) is 0 Å². The summed E-state index contributed by atoms with van der Waals surface area (Å²) in [4.78, 5) is 19.0. The largest absolute Gasteiger partial charge is 1.00 e. The Balaban J connectivity index is 0.00000256. The molecule has 0 saturated heterocycles. The van der Waals surface area contributed by atoms with E-state index < -0.39 is 37.2 Å². The molecule has 8 nitrogen and oxygen atoms in total. The molecule has 0 fully saturated rings. The average molecular weight is 286 g/mol. The first-order valence-corrected chi connectivity index (χ1v) is 5.16. The van der Waals surface area contributed by atoms with Crippen LogP contribution in [0.15, 0.2) is 23.1 Å². The Morgan fingerprint density at radius 2 is 1.88 bits per heavy atom. The maximum atomic E-state index is 10.8.